The van der Waals surface area contributed by atoms with Crippen molar-refractivity contribution in [2.75, 3.05) is 19.0 Å². The molecular formula is C12H12IN. The van der Waals surface area contributed by atoms with Gasteiger partial charge in [-0.2, -0.15) is 0 Å². The number of rotatable bonds is 1. The fourth-order valence-electron chi connectivity index (χ4n) is 1.64. The second-order valence-corrected chi connectivity index (χ2v) is 4.67. The van der Waals surface area contributed by atoms with Gasteiger partial charge in [0.2, 0.25) is 0 Å². The zero-order chi connectivity index (χ0) is 10.1. The number of anilines is 1. The summed E-state index contributed by atoms with van der Waals surface area (Å²) in [4.78, 5) is 2.15. The summed E-state index contributed by atoms with van der Waals surface area (Å²) in [5, 5.41) is 2.66. The molecule has 2 heteroatoms. The molecule has 0 aliphatic carbocycles. The number of halogens is 1. The second kappa shape index (κ2) is 3.77. The molecule has 0 spiro atoms. The Morgan fingerprint density at radius 2 is 1.57 bits per heavy atom. The minimum absolute atomic E-state index is 1.28. The first-order valence-electron chi connectivity index (χ1n) is 4.55. The molecule has 0 aliphatic heterocycles. The molecule has 0 aliphatic rings. The monoisotopic (exact) mass is 297 g/mol. The third-order valence-electron chi connectivity index (χ3n) is 2.33. The van der Waals surface area contributed by atoms with E-state index < -0.39 is 0 Å². The molecule has 0 N–H and O–H groups in total. The van der Waals surface area contributed by atoms with Crippen LogP contribution >= 0.6 is 22.6 Å². The Bertz CT molecular complexity index is 463. The second-order valence-electron chi connectivity index (χ2n) is 3.51. The van der Waals surface area contributed by atoms with Crippen LogP contribution in [0.25, 0.3) is 10.8 Å². The van der Waals surface area contributed by atoms with E-state index >= 15 is 0 Å². The highest BCUT2D eigenvalue weighted by Crippen LogP contribution is 2.28. The molecule has 0 saturated heterocycles. The van der Waals surface area contributed by atoms with Crippen molar-refractivity contribution in [2.45, 2.75) is 0 Å². The van der Waals surface area contributed by atoms with Crippen molar-refractivity contribution in [1.82, 2.24) is 0 Å². The van der Waals surface area contributed by atoms with Gasteiger partial charge in [-0.15, -0.1) is 0 Å². The third kappa shape index (κ3) is 1.59. The van der Waals surface area contributed by atoms with Crippen LogP contribution in [0, 0.1) is 3.57 Å². The maximum atomic E-state index is 2.38. The van der Waals surface area contributed by atoms with Crippen LogP contribution in [0.15, 0.2) is 36.4 Å². The van der Waals surface area contributed by atoms with E-state index in [-0.39, 0.29) is 0 Å². The number of hydrogen-bond acceptors (Lipinski definition) is 1. The smallest absolute Gasteiger partial charge is 0.0441 e. The molecule has 0 heterocycles. The van der Waals surface area contributed by atoms with E-state index in [1.165, 1.54) is 20.0 Å². The molecule has 0 saturated carbocycles. The van der Waals surface area contributed by atoms with Crippen LogP contribution < -0.4 is 4.90 Å². The van der Waals surface area contributed by atoms with E-state index in [2.05, 4.69) is 78.0 Å². The molecule has 2 rings (SSSR count). The Morgan fingerprint density at radius 3 is 2.21 bits per heavy atom. The number of hydrogen-bond donors (Lipinski definition) is 0. The summed E-state index contributed by atoms with van der Waals surface area (Å²) in [6, 6.07) is 12.9. The molecule has 0 aromatic heterocycles. The Labute approximate surface area is 97.9 Å². The quantitative estimate of drug-likeness (QED) is 0.728. The molecule has 14 heavy (non-hydrogen) atoms. The summed E-state index contributed by atoms with van der Waals surface area (Å²) in [5.74, 6) is 0. The average molecular weight is 297 g/mol. The highest BCUT2D eigenvalue weighted by molar-refractivity contribution is 14.1. The lowest BCUT2D eigenvalue weighted by Crippen LogP contribution is -2.09. The lowest BCUT2D eigenvalue weighted by Gasteiger charge is -2.15. The lowest BCUT2D eigenvalue weighted by atomic mass is 10.1. The highest BCUT2D eigenvalue weighted by Gasteiger charge is 2.04. The number of nitrogens with zero attached hydrogens (tertiary/aromatic N) is 1. The van der Waals surface area contributed by atoms with Crippen LogP contribution in [0.2, 0.25) is 0 Å². The van der Waals surface area contributed by atoms with Gasteiger partial charge in [0.15, 0.2) is 0 Å². The summed E-state index contributed by atoms with van der Waals surface area (Å²) in [5.41, 5.74) is 1.28. The largest absolute Gasteiger partial charge is 0.377 e. The van der Waals surface area contributed by atoms with Gasteiger partial charge < -0.3 is 4.90 Å². The third-order valence-corrected chi connectivity index (χ3v) is 3.27. The summed E-state index contributed by atoms with van der Waals surface area (Å²) >= 11 is 2.38. The SMILES string of the molecule is CN(C)c1ccc(I)c2ccccc12. The van der Waals surface area contributed by atoms with Gasteiger partial charge >= 0.3 is 0 Å². The standard InChI is InChI=1S/C12H12IN/c1-14(2)12-8-7-11(13)9-5-3-4-6-10(9)12/h3-8H,1-2H3. The number of benzene rings is 2. The highest BCUT2D eigenvalue weighted by atomic mass is 127. The van der Waals surface area contributed by atoms with Crippen molar-refractivity contribution in [3.63, 3.8) is 0 Å². The van der Waals surface area contributed by atoms with Crippen molar-refractivity contribution in [2.24, 2.45) is 0 Å². The molecule has 0 amide bonds. The maximum Gasteiger partial charge on any atom is 0.0441 e. The molecule has 72 valence electrons. The van der Waals surface area contributed by atoms with Gasteiger partial charge in [0, 0.05) is 28.7 Å². The van der Waals surface area contributed by atoms with Crippen molar-refractivity contribution in [1.29, 1.82) is 0 Å². The van der Waals surface area contributed by atoms with Gasteiger partial charge in [-0.25, -0.2) is 0 Å². The predicted molar refractivity (Wildman–Crippen MR) is 71.0 cm³/mol. The predicted octanol–water partition coefficient (Wildman–Crippen LogP) is 3.51. The first-order valence-corrected chi connectivity index (χ1v) is 5.62. The van der Waals surface area contributed by atoms with Crippen LogP contribution in [0.5, 0.6) is 0 Å². The molecule has 0 radical (unpaired) electrons. The van der Waals surface area contributed by atoms with Crippen molar-refractivity contribution >= 4 is 39.1 Å². The van der Waals surface area contributed by atoms with Crippen molar-refractivity contribution in [3.05, 3.63) is 40.0 Å². The molecule has 0 atom stereocenters. The fourth-order valence-corrected chi connectivity index (χ4v) is 2.29. The molecule has 1 nitrogen and oxygen atoms in total. The first-order chi connectivity index (χ1) is 6.70. The summed E-state index contributed by atoms with van der Waals surface area (Å²) in [6.45, 7) is 0. The van der Waals surface area contributed by atoms with Crippen LogP contribution in [0.3, 0.4) is 0 Å². The average Bonchev–Trinajstić information content (AvgIpc) is 2.18. The van der Waals surface area contributed by atoms with Gasteiger partial charge in [0.1, 0.15) is 0 Å². The molecule has 0 bridgehead atoms. The summed E-state index contributed by atoms with van der Waals surface area (Å²) in [7, 11) is 4.16. The molecular weight excluding hydrogens is 285 g/mol. The van der Waals surface area contributed by atoms with Gasteiger partial charge in [-0.3, -0.25) is 0 Å². The molecule has 0 unspecified atom stereocenters. The molecule has 2 aromatic rings. The van der Waals surface area contributed by atoms with Crippen molar-refractivity contribution in [3.8, 4) is 0 Å². The van der Waals surface area contributed by atoms with E-state index in [0.29, 0.717) is 0 Å². The van der Waals surface area contributed by atoms with Gasteiger partial charge in [-0.1, -0.05) is 24.3 Å². The van der Waals surface area contributed by atoms with Crippen LogP contribution in [-0.2, 0) is 0 Å². The minimum Gasteiger partial charge on any atom is -0.377 e. The zero-order valence-electron chi connectivity index (χ0n) is 8.29. The Kier molecular flexibility index (Phi) is 2.63. The summed E-state index contributed by atoms with van der Waals surface area (Å²) < 4.78 is 1.31. The zero-order valence-corrected chi connectivity index (χ0v) is 10.4. The molecule has 2 aromatic carbocycles. The fraction of sp³-hybridized carbons (Fsp3) is 0.167. The normalized spacial score (nSPS) is 10.5. The Morgan fingerprint density at radius 1 is 0.929 bits per heavy atom. The topological polar surface area (TPSA) is 3.24 Å². The maximum absolute atomic E-state index is 2.38. The van der Waals surface area contributed by atoms with E-state index in [1.807, 2.05) is 0 Å². The Balaban J connectivity index is 2.82. The minimum atomic E-state index is 1.28. The van der Waals surface area contributed by atoms with E-state index in [9.17, 15) is 0 Å². The van der Waals surface area contributed by atoms with E-state index in [0.717, 1.165) is 0 Å². The van der Waals surface area contributed by atoms with Crippen molar-refractivity contribution < 1.29 is 0 Å². The van der Waals surface area contributed by atoms with Gasteiger partial charge in [0.25, 0.3) is 0 Å². The van der Waals surface area contributed by atoms with Gasteiger partial charge in [-0.05, 0) is 40.1 Å². The summed E-state index contributed by atoms with van der Waals surface area (Å²) in [6.07, 6.45) is 0. The lowest BCUT2D eigenvalue weighted by molar-refractivity contribution is 1.14. The number of fused-ring (bicyclic) bond motifs is 1. The van der Waals surface area contributed by atoms with Crippen LogP contribution in [0.4, 0.5) is 5.69 Å². The van der Waals surface area contributed by atoms with Gasteiger partial charge in [0.05, 0.1) is 0 Å². The van der Waals surface area contributed by atoms with E-state index in [1.54, 1.807) is 0 Å². The Hall–Kier alpha value is -0.770. The molecule has 0 fully saturated rings. The van der Waals surface area contributed by atoms with E-state index in [4.69, 9.17) is 0 Å². The van der Waals surface area contributed by atoms with Crippen LogP contribution in [-0.4, -0.2) is 14.1 Å². The first kappa shape index (κ1) is 9.77. The van der Waals surface area contributed by atoms with Crippen LogP contribution in [0.1, 0.15) is 0 Å².